The first kappa shape index (κ1) is 13.7. The van der Waals surface area contributed by atoms with Crippen molar-refractivity contribution in [2.24, 2.45) is 0 Å². The maximum absolute atomic E-state index is 11.9. The number of ether oxygens (including phenoxy) is 1. The molecule has 17 heavy (non-hydrogen) atoms. The van der Waals surface area contributed by atoms with E-state index in [2.05, 4.69) is 0 Å². The number of carbonyl (C=O) groups is 2. The van der Waals surface area contributed by atoms with Gasteiger partial charge < -0.3 is 9.84 Å². The van der Waals surface area contributed by atoms with Crippen LogP contribution in [0.4, 0.5) is 4.79 Å². The van der Waals surface area contributed by atoms with Gasteiger partial charge in [0.05, 0.1) is 12.6 Å². The number of aliphatic hydroxyl groups excluding tert-OH is 1. The molecule has 1 atom stereocenters. The zero-order valence-corrected chi connectivity index (χ0v) is 10.9. The molecule has 2 amide bonds. The Morgan fingerprint density at radius 1 is 1.47 bits per heavy atom. The Morgan fingerprint density at radius 2 is 2.00 bits per heavy atom. The van der Waals surface area contributed by atoms with Crippen LogP contribution in [0.15, 0.2) is 11.1 Å². The van der Waals surface area contributed by atoms with Gasteiger partial charge >= 0.3 is 6.09 Å². The van der Waals surface area contributed by atoms with E-state index in [1.807, 2.05) is 0 Å². The summed E-state index contributed by atoms with van der Waals surface area (Å²) in [6, 6.07) is 0. The van der Waals surface area contributed by atoms with Crippen LogP contribution < -0.4 is 0 Å². The van der Waals surface area contributed by atoms with E-state index >= 15 is 0 Å². The van der Waals surface area contributed by atoms with Crippen molar-refractivity contribution in [3.8, 4) is 0 Å². The standard InChI is InChI=1S/C12H19NO4/c1-7-6-13(10(15)9(7)8(2)14)11(16)17-12(3,4)5/h8,14H,6H2,1-5H3. The summed E-state index contributed by atoms with van der Waals surface area (Å²) in [7, 11) is 0. The summed E-state index contributed by atoms with van der Waals surface area (Å²) < 4.78 is 5.13. The number of amides is 2. The molecule has 0 spiro atoms. The highest BCUT2D eigenvalue weighted by Crippen LogP contribution is 2.23. The van der Waals surface area contributed by atoms with Gasteiger partial charge in [-0.25, -0.2) is 9.69 Å². The molecule has 0 aromatic carbocycles. The molecule has 96 valence electrons. The molecule has 0 saturated carbocycles. The van der Waals surface area contributed by atoms with E-state index in [9.17, 15) is 14.7 Å². The van der Waals surface area contributed by atoms with Crippen molar-refractivity contribution < 1.29 is 19.4 Å². The minimum absolute atomic E-state index is 0.188. The summed E-state index contributed by atoms with van der Waals surface area (Å²) in [6.07, 6.45) is -1.53. The lowest BCUT2D eigenvalue weighted by molar-refractivity contribution is -0.125. The van der Waals surface area contributed by atoms with Crippen molar-refractivity contribution in [2.75, 3.05) is 6.54 Å². The number of carbonyl (C=O) groups excluding carboxylic acids is 2. The van der Waals surface area contributed by atoms with E-state index in [0.29, 0.717) is 5.57 Å². The highest BCUT2D eigenvalue weighted by atomic mass is 16.6. The Labute approximate surface area is 101 Å². The van der Waals surface area contributed by atoms with Gasteiger partial charge in [0.15, 0.2) is 0 Å². The first-order chi connectivity index (χ1) is 7.63. The summed E-state index contributed by atoms with van der Waals surface area (Å²) in [5.41, 5.74) is 0.352. The van der Waals surface area contributed by atoms with Crippen LogP contribution in [0.5, 0.6) is 0 Å². The van der Waals surface area contributed by atoms with Gasteiger partial charge in [0.1, 0.15) is 5.60 Å². The zero-order valence-electron chi connectivity index (χ0n) is 10.9. The second kappa shape index (κ2) is 4.49. The topological polar surface area (TPSA) is 66.8 Å². The van der Waals surface area contributed by atoms with Crippen LogP contribution in [-0.4, -0.2) is 40.3 Å². The molecule has 1 unspecified atom stereocenters. The maximum Gasteiger partial charge on any atom is 0.417 e. The molecular formula is C12H19NO4. The minimum Gasteiger partial charge on any atom is -0.443 e. The normalized spacial score (nSPS) is 18.7. The fraction of sp³-hybridized carbons (Fsp3) is 0.667. The molecule has 5 nitrogen and oxygen atoms in total. The van der Waals surface area contributed by atoms with Crippen LogP contribution >= 0.6 is 0 Å². The third-order valence-corrected chi connectivity index (χ3v) is 2.36. The van der Waals surface area contributed by atoms with Crippen molar-refractivity contribution in [3.05, 3.63) is 11.1 Å². The Kier molecular flexibility index (Phi) is 3.62. The van der Waals surface area contributed by atoms with Gasteiger partial charge in [-0.15, -0.1) is 0 Å². The van der Waals surface area contributed by atoms with Crippen LogP contribution in [0.25, 0.3) is 0 Å². The van der Waals surface area contributed by atoms with Gasteiger partial charge in [0, 0.05) is 5.57 Å². The van der Waals surface area contributed by atoms with Crippen LogP contribution in [0, 0.1) is 0 Å². The van der Waals surface area contributed by atoms with Crippen molar-refractivity contribution in [1.29, 1.82) is 0 Å². The molecular weight excluding hydrogens is 222 g/mol. The summed E-state index contributed by atoms with van der Waals surface area (Å²) in [5, 5.41) is 9.47. The second-order valence-corrected chi connectivity index (χ2v) is 5.24. The van der Waals surface area contributed by atoms with Gasteiger partial charge in [-0.05, 0) is 40.2 Å². The molecule has 5 heteroatoms. The molecule has 0 aliphatic carbocycles. The molecule has 1 aliphatic heterocycles. The predicted molar refractivity (Wildman–Crippen MR) is 62.3 cm³/mol. The van der Waals surface area contributed by atoms with E-state index in [4.69, 9.17) is 4.74 Å². The summed E-state index contributed by atoms with van der Waals surface area (Å²) >= 11 is 0. The van der Waals surface area contributed by atoms with E-state index in [-0.39, 0.29) is 12.1 Å². The predicted octanol–water partition coefficient (Wildman–Crippen LogP) is 1.46. The van der Waals surface area contributed by atoms with Gasteiger partial charge in [0.25, 0.3) is 5.91 Å². The molecule has 0 aromatic rings. The van der Waals surface area contributed by atoms with Gasteiger partial charge in [-0.2, -0.15) is 0 Å². The Bertz CT molecular complexity index is 376. The third-order valence-electron chi connectivity index (χ3n) is 2.36. The zero-order chi connectivity index (χ0) is 13.4. The van der Waals surface area contributed by atoms with Crippen LogP contribution in [0.2, 0.25) is 0 Å². The number of hydrogen-bond donors (Lipinski definition) is 1. The van der Waals surface area contributed by atoms with Crippen LogP contribution in [-0.2, 0) is 9.53 Å². The highest BCUT2D eigenvalue weighted by molar-refractivity contribution is 6.06. The van der Waals surface area contributed by atoms with Crippen LogP contribution in [0.1, 0.15) is 34.6 Å². The third kappa shape index (κ3) is 3.06. The first-order valence-corrected chi connectivity index (χ1v) is 5.56. The lowest BCUT2D eigenvalue weighted by atomic mass is 10.1. The molecule has 0 fully saturated rings. The molecule has 0 aromatic heterocycles. The van der Waals surface area contributed by atoms with E-state index in [1.165, 1.54) is 6.92 Å². The summed E-state index contributed by atoms with van der Waals surface area (Å²) in [5.74, 6) is -0.466. The average Bonchev–Trinajstić information content (AvgIpc) is 2.38. The molecule has 0 saturated heterocycles. The molecule has 0 bridgehead atoms. The number of nitrogens with zero attached hydrogens (tertiary/aromatic N) is 1. The lowest BCUT2D eigenvalue weighted by Gasteiger charge is -2.23. The van der Waals surface area contributed by atoms with Crippen molar-refractivity contribution in [3.63, 3.8) is 0 Å². The lowest BCUT2D eigenvalue weighted by Crippen LogP contribution is -2.39. The number of hydrogen-bond acceptors (Lipinski definition) is 4. The summed E-state index contributed by atoms with van der Waals surface area (Å²) in [6.45, 7) is 8.64. The van der Waals surface area contributed by atoms with Gasteiger partial charge in [-0.3, -0.25) is 4.79 Å². The monoisotopic (exact) mass is 241 g/mol. The number of aliphatic hydroxyl groups is 1. The molecule has 1 rings (SSSR count). The average molecular weight is 241 g/mol. The molecule has 0 radical (unpaired) electrons. The van der Waals surface area contributed by atoms with E-state index in [1.54, 1.807) is 27.7 Å². The smallest absolute Gasteiger partial charge is 0.417 e. The van der Waals surface area contributed by atoms with Gasteiger partial charge in [0.2, 0.25) is 0 Å². The fourth-order valence-electron chi connectivity index (χ4n) is 1.72. The van der Waals surface area contributed by atoms with Crippen molar-refractivity contribution in [2.45, 2.75) is 46.3 Å². The SMILES string of the molecule is CC1=C(C(C)O)C(=O)N(C(=O)OC(C)(C)C)C1. The molecule has 1 N–H and O–H groups in total. The molecule has 1 aliphatic rings. The number of imide groups is 1. The largest absolute Gasteiger partial charge is 0.443 e. The van der Waals surface area contributed by atoms with E-state index < -0.39 is 23.7 Å². The van der Waals surface area contributed by atoms with Crippen molar-refractivity contribution in [1.82, 2.24) is 4.90 Å². The maximum atomic E-state index is 11.9. The second-order valence-electron chi connectivity index (χ2n) is 5.24. The van der Waals surface area contributed by atoms with Crippen LogP contribution in [0.3, 0.4) is 0 Å². The first-order valence-electron chi connectivity index (χ1n) is 5.56. The molecule has 1 heterocycles. The quantitative estimate of drug-likeness (QED) is 0.754. The minimum atomic E-state index is -0.866. The number of rotatable bonds is 1. The highest BCUT2D eigenvalue weighted by Gasteiger charge is 2.36. The van der Waals surface area contributed by atoms with Crippen molar-refractivity contribution >= 4 is 12.0 Å². The van der Waals surface area contributed by atoms with Gasteiger partial charge in [-0.1, -0.05) is 0 Å². The van der Waals surface area contributed by atoms with E-state index in [0.717, 1.165) is 4.90 Å². The Morgan fingerprint density at radius 3 is 2.35 bits per heavy atom. The summed E-state index contributed by atoms with van der Waals surface area (Å²) in [4.78, 5) is 24.7. The Balaban J connectivity index is 2.81. The fourth-order valence-corrected chi connectivity index (χ4v) is 1.72. The Hall–Kier alpha value is -1.36.